The van der Waals surface area contributed by atoms with Gasteiger partial charge in [0.15, 0.2) is 5.78 Å². The van der Waals surface area contributed by atoms with E-state index < -0.39 is 5.60 Å². The quantitative estimate of drug-likeness (QED) is 0.645. The first kappa shape index (κ1) is 12.3. The monoisotopic (exact) mass is 185 g/mol. The van der Waals surface area contributed by atoms with Gasteiger partial charge in [0.2, 0.25) is 0 Å². The third-order valence-electron chi connectivity index (χ3n) is 1.97. The van der Waals surface area contributed by atoms with Crippen LogP contribution in [0.2, 0.25) is 0 Å². The van der Waals surface area contributed by atoms with Gasteiger partial charge in [-0.3, -0.25) is 4.79 Å². The van der Waals surface area contributed by atoms with Crippen LogP contribution in [0.25, 0.3) is 0 Å². The molecule has 0 aliphatic rings. The highest BCUT2D eigenvalue weighted by Crippen LogP contribution is 2.16. The van der Waals surface area contributed by atoms with Crippen molar-refractivity contribution in [1.29, 1.82) is 0 Å². The Bertz CT molecular complexity index is 211. The molecule has 0 radical (unpaired) electrons. The molecule has 0 spiro atoms. The minimum atomic E-state index is -1.27. The van der Waals surface area contributed by atoms with Gasteiger partial charge in [0.1, 0.15) is 5.60 Å². The largest absolute Gasteiger partial charge is 0.380 e. The van der Waals surface area contributed by atoms with Crippen LogP contribution < -0.4 is 0 Å². The molecule has 0 rings (SSSR count). The lowest BCUT2D eigenvalue weighted by molar-refractivity contribution is -0.135. The molecule has 1 atom stereocenters. The molecule has 1 N–H and O–H groups in total. The van der Waals surface area contributed by atoms with Crippen LogP contribution in [0.15, 0.2) is 12.2 Å². The molecule has 0 aromatic carbocycles. The molecule has 0 saturated carbocycles. The number of hydrogen-bond acceptors (Lipinski definition) is 3. The van der Waals surface area contributed by atoms with E-state index in [0.717, 1.165) is 0 Å². The lowest BCUT2D eigenvalue weighted by atomic mass is 9.91. The summed E-state index contributed by atoms with van der Waals surface area (Å²) in [5.41, 5.74) is -0.860. The SMILES string of the molecule is C=C(C)C(=O)C(O)(CC)CN(C)C. The predicted molar refractivity (Wildman–Crippen MR) is 53.6 cm³/mol. The van der Waals surface area contributed by atoms with E-state index >= 15 is 0 Å². The van der Waals surface area contributed by atoms with Crippen LogP contribution >= 0.6 is 0 Å². The summed E-state index contributed by atoms with van der Waals surface area (Å²) in [6.45, 7) is 7.31. The van der Waals surface area contributed by atoms with E-state index in [4.69, 9.17) is 0 Å². The molecular weight excluding hydrogens is 166 g/mol. The highest BCUT2D eigenvalue weighted by molar-refractivity contribution is 6.00. The molecule has 0 heterocycles. The Morgan fingerprint density at radius 1 is 1.54 bits per heavy atom. The number of Topliss-reactive ketones (excluding diaryl/α,β-unsaturated/α-hetero) is 1. The van der Waals surface area contributed by atoms with Crippen molar-refractivity contribution >= 4 is 5.78 Å². The highest BCUT2D eigenvalue weighted by atomic mass is 16.3. The summed E-state index contributed by atoms with van der Waals surface area (Å²) >= 11 is 0. The Morgan fingerprint density at radius 2 is 2.00 bits per heavy atom. The summed E-state index contributed by atoms with van der Waals surface area (Å²) in [6, 6.07) is 0. The number of ketones is 1. The number of hydrogen-bond donors (Lipinski definition) is 1. The van der Waals surface area contributed by atoms with E-state index in [1.54, 1.807) is 18.7 Å². The summed E-state index contributed by atoms with van der Waals surface area (Å²) < 4.78 is 0. The van der Waals surface area contributed by atoms with Gasteiger partial charge in [0, 0.05) is 6.54 Å². The van der Waals surface area contributed by atoms with Crippen LogP contribution in [0.3, 0.4) is 0 Å². The van der Waals surface area contributed by atoms with Crippen LogP contribution in [0, 0.1) is 0 Å². The molecule has 0 aliphatic heterocycles. The van der Waals surface area contributed by atoms with Crippen molar-refractivity contribution in [2.24, 2.45) is 0 Å². The van der Waals surface area contributed by atoms with Crippen molar-refractivity contribution in [2.45, 2.75) is 25.9 Å². The zero-order chi connectivity index (χ0) is 10.6. The normalized spacial score (nSPS) is 15.5. The molecule has 1 unspecified atom stereocenters. The maximum absolute atomic E-state index is 11.6. The molecule has 0 amide bonds. The van der Waals surface area contributed by atoms with Gasteiger partial charge in [-0.2, -0.15) is 0 Å². The van der Waals surface area contributed by atoms with Crippen molar-refractivity contribution in [1.82, 2.24) is 4.90 Å². The van der Waals surface area contributed by atoms with Crippen LogP contribution in [0.1, 0.15) is 20.3 Å². The molecule has 0 bridgehead atoms. The minimum absolute atomic E-state index is 0.260. The van der Waals surface area contributed by atoms with Crippen LogP contribution in [-0.4, -0.2) is 42.0 Å². The lowest BCUT2D eigenvalue weighted by Crippen LogP contribution is -2.47. The van der Waals surface area contributed by atoms with Gasteiger partial charge in [-0.15, -0.1) is 0 Å². The first-order chi connectivity index (χ1) is 5.83. The molecular formula is C10H19NO2. The van der Waals surface area contributed by atoms with Crippen molar-refractivity contribution in [3.05, 3.63) is 12.2 Å². The number of nitrogens with zero attached hydrogens (tertiary/aromatic N) is 1. The summed E-state index contributed by atoms with van der Waals surface area (Å²) in [5.74, 6) is -0.260. The second-order valence-corrected chi connectivity index (χ2v) is 3.73. The number of rotatable bonds is 5. The fourth-order valence-electron chi connectivity index (χ4n) is 1.26. The van der Waals surface area contributed by atoms with Gasteiger partial charge < -0.3 is 10.0 Å². The molecule has 0 aliphatic carbocycles. The molecule has 76 valence electrons. The topological polar surface area (TPSA) is 40.5 Å². The number of carbonyl (C=O) groups excluding carboxylic acids is 1. The second-order valence-electron chi connectivity index (χ2n) is 3.73. The fraction of sp³-hybridized carbons (Fsp3) is 0.700. The standard InChI is InChI=1S/C10H19NO2/c1-6-10(13,7-11(4)5)9(12)8(2)3/h13H,2,6-7H2,1,3-5H3. The zero-order valence-electron chi connectivity index (χ0n) is 8.92. The van der Waals surface area contributed by atoms with E-state index in [9.17, 15) is 9.90 Å². The molecule has 0 aromatic heterocycles. The van der Waals surface area contributed by atoms with Gasteiger partial charge in [0.05, 0.1) is 0 Å². The predicted octanol–water partition coefficient (Wildman–Crippen LogP) is 0.834. The van der Waals surface area contributed by atoms with Gasteiger partial charge in [-0.25, -0.2) is 0 Å². The second kappa shape index (κ2) is 4.53. The Balaban J connectivity index is 4.62. The maximum Gasteiger partial charge on any atom is 0.190 e. The van der Waals surface area contributed by atoms with Crippen molar-refractivity contribution in [2.75, 3.05) is 20.6 Å². The summed E-state index contributed by atoms with van der Waals surface area (Å²) in [7, 11) is 3.65. The molecule has 0 saturated heterocycles. The third kappa shape index (κ3) is 3.28. The fourth-order valence-corrected chi connectivity index (χ4v) is 1.26. The van der Waals surface area contributed by atoms with Gasteiger partial charge in [-0.1, -0.05) is 13.5 Å². The smallest absolute Gasteiger partial charge is 0.190 e. The van der Waals surface area contributed by atoms with Gasteiger partial charge in [-0.05, 0) is 33.0 Å². The average Bonchev–Trinajstić information content (AvgIpc) is 2.01. The third-order valence-corrected chi connectivity index (χ3v) is 1.97. The lowest BCUT2D eigenvalue weighted by Gasteiger charge is -2.28. The number of aliphatic hydroxyl groups is 1. The summed E-state index contributed by atoms with van der Waals surface area (Å²) in [4.78, 5) is 13.4. The molecule has 13 heavy (non-hydrogen) atoms. The maximum atomic E-state index is 11.6. The molecule has 3 nitrogen and oxygen atoms in total. The van der Waals surface area contributed by atoms with Gasteiger partial charge in [0.25, 0.3) is 0 Å². The van der Waals surface area contributed by atoms with Crippen LogP contribution in [0.4, 0.5) is 0 Å². The Morgan fingerprint density at radius 3 is 2.23 bits per heavy atom. The van der Waals surface area contributed by atoms with Gasteiger partial charge >= 0.3 is 0 Å². The average molecular weight is 185 g/mol. The summed E-state index contributed by atoms with van der Waals surface area (Å²) in [5, 5.41) is 9.98. The van der Waals surface area contributed by atoms with E-state index in [2.05, 4.69) is 6.58 Å². The Labute approximate surface area is 80.0 Å². The summed E-state index contributed by atoms with van der Waals surface area (Å²) in [6.07, 6.45) is 0.414. The van der Waals surface area contributed by atoms with Crippen molar-refractivity contribution in [3.63, 3.8) is 0 Å². The van der Waals surface area contributed by atoms with Crippen LogP contribution in [-0.2, 0) is 4.79 Å². The van der Waals surface area contributed by atoms with Crippen molar-refractivity contribution in [3.8, 4) is 0 Å². The van der Waals surface area contributed by atoms with E-state index in [0.29, 0.717) is 18.5 Å². The van der Waals surface area contributed by atoms with Crippen LogP contribution in [0.5, 0.6) is 0 Å². The number of carbonyl (C=O) groups is 1. The highest BCUT2D eigenvalue weighted by Gasteiger charge is 2.34. The Hall–Kier alpha value is -0.670. The molecule has 3 heteroatoms. The number of likely N-dealkylation sites (N-methyl/N-ethyl adjacent to an activating group) is 1. The van der Waals surface area contributed by atoms with E-state index in [1.807, 2.05) is 14.1 Å². The Kier molecular flexibility index (Phi) is 4.30. The zero-order valence-corrected chi connectivity index (χ0v) is 8.92. The molecule has 0 fully saturated rings. The minimum Gasteiger partial charge on any atom is -0.380 e. The first-order valence-corrected chi connectivity index (χ1v) is 4.41. The molecule has 0 aromatic rings. The van der Waals surface area contributed by atoms with E-state index in [-0.39, 0.29) is 5.78 Å². The first-order valence-electron chi connectivity index (χ1n) is 4.41. The van der Waals surface area contributed by atoms with Crippen molar-refractivity contribution < 1.29 is 9.90 Å². The van der Waals surface area contributed by atoms with E-state index in [1.165, 1.54) is 0 Å².